The summed E-state index contributed by atoms with van der Waals surface area (Å²) in [6, 6.07) is 19.2. The summed E-state index contributed by atoms with van der Waals surface area (Å²) < 4.78 is 27.7. The number of aromatic nitrogens is 1. The molecule has 0 aliphatic rings. The third kappa shape index (κ3) is 5.03. The van der Waals surface area contributed by atoms with E-state index in [0.717, 1.165) is 11.1 Å². The molecule has 1 N–H and O–H groups in total. The number of rotatable bonds is 7. The maximum atomic E-state index is 12.7. The van der Waals surface area contributed by atoms with Crippen molar-refractivity contribution in [3.8, 4) is 0 Å². The molecular weight excluding hydrogens is 374 g/mol. The first-order valence-corrected chi connectivity index (χ1v) is 10.2. The molecule has 3 aromatic rings. The third-order valence-corrected chi connectivity index (χ3v) is 5.59. The number of pyridine rings is 1. The molecule has 1 amide bonds. The van der Waals surface area contributed by atoms with E-state index < -0.39 is 10.0 Å². The minimum Gasteiger partial charge on any atom is -0.337 e. The minimum absolute atomic E-state index is 0.0513. The van der Waals surface area contributed by atoms with Crippen molar-refractivity contribution in [1.29, 1.82) is 0 Å². The van der Waals surface area contributed by atoms with Gasteiger partial charge in [0.15, 0.2) is 0 Å². The molecule has 3 rings (SSSR count). The third-order valence-electron chi connectivity index (χ3n) is 4.19. The first-order chi connectivity index (χ1) is 13.5. The average molecular weight is 395 g/mol. The Hall–Kier alpha value is -3.03. The lowest BCUT2D eigenvalue weighted by molar-refractivity contribution is 0.0785. The standard InChI is InChI=1S/C21H21N3O3S/c1-24(16-17-7-3-2-4-8-17)21(25)19-10-5-11-20(13-19)28(26,27)23-15-18-9-6-12-22-14-18/h2-14,23H,15-16H2,1H3. The summed E-state index contributed by atoms with van der Waals surface area (Å²) in [7, 11) is -2.06. The smallest absolute Gasteiger partial charge is 0.253 e. The van der Waals surface area contributed by atoms with Crippen molar-refractivity contribution in [1.82, 2.24) is 14.6 Å². The van der Waals surface area contributed by atoms with E-state index in [2.05, 4.69) is 9.71 Å². The van der Waals surface area contributed by atoms with Gasteiger partial charge in [0.2, 0.25) is 10.0 Å². The van der Waals surface area contributed by atoms with Gasteiger partial charge in [-0.25, -0.2) is 13.1 Å². The number of carbonyl (C=O) groups is 1. The zero-order valence-electron chi connectivity index (χ0n) is 15.4. The zero-order valence-corrected chi connectivity index (χ0v) is 16.3. The molecule has 28 heavy (non-hydrogen) atoms. The van der Waals surface area contributed by atoms with E-state index >= 15 is 0 Å². The summed E-state index contributed by atoms with van der Waals surface area (Å²) in [6.07, 6.45) is 3.22. The molecule has 0 saturated heterocycles. The molecular formula is C21H21N3O3S. The maximum absolute atomic E-state index is 12.7. The van der Waals surface area contributed by atoms with Gasteiger partial charge in [-0.05, 0) is 35.4 Å². The lowest BCUT2D eigenvalue weighted by Crippen LogP contribution is -2.27. The summed E-state index contributed by atoms with van der Waals surface area (Å²) in [5.74, 6) is -0.242. The van der Waals surface area contributed by atoms with Crippen LogP contribution >= 0.6 is 0 Å². The predicted octanol–water partition coefficient (Wildman–Crippen LogP) is 2.83. The molecule has 7 heteroatoms. The monoisotopic (exact) mass is 395 g/mol. The lowest BCUT2D eigenvalue weighted by atomic mass is 10.1. The Morgan fingerprint density at radius 3 is 2.46 bits per heavy atom. The fraction of sp³-hybridized carbons (Fsp3) is 0.143. The van der Waals surface area contributed by atoms with Gasteiger partial charge >= 0.3 is 0 Å². The molecule has 1 heterocycles. The topological polar surface area (TPSA) is 79.4 Å². The van der Waals surface area contributed by atoms with E-state index in [1.165, 1.54) is 12.1 Å². The van der Waals surface area contributed by atoms with Gasteiger partial charge in [-0.3, -0.25) is 9.78 Å². The summed E-state index contributed by atoms with van der Waals surface area (Å²) in [6.45, 7) is 0.568. The molecule has 2 aromatic carbocycles. The number of hydrogen-bond donors (Lipinski definition) is 1. The minimum atomic E-state index is -3.75. The van der Waals surface area contributed by atoms with E-state index in [9.17, 15) is 13.2 Å². The van der Waals surface area contributed by atoms with Gasteiger partial charge in [0, 0.05) is 38.1 Å². The molecule has 0 saturated carbocycles. The summed E-state index contributed by atoms with van der Waals surface area (Å²) in [5.41, 5.74) is 2.07. The molecule has 0 atom stereocenters. The first-order valence-electron chi connectivity index (χ1n) is 8.74. The van der Waals surface area contributed by atoms with Crippen LogP contribution < -0.4 is 4.72 Å². The fourth-order valence-electron chi connectivity index (χ4n) is 2.71. The van der Waals surface area contributed by atoms with Crippen molar-refractivity contribution in [2.45, 2.75) is 18.0 Å². The molecule has 0 fully saturated rings. The molecule has 1 aromatic heterocycles. The van der Waals surface area contributed by atoms with Gasteiger partial charge in [0.25, 0.3) is 5.91 Å². The molecule has 6 nitrogen and oxygen atoms in total. The van der Waals surface area contributed by atoms with Crippen LogP contribution in [0.3, 0.4) is 0 Å². The van der Waals surface area contributed by atoms with Crippen molar-refractivity contribution in [2.24, 2.45) is 0 Å². The Balaban J connectivity index is 1.72. The first kappa shape index (κ1) is 19.7. The Labute approximate surface area is 164 Å². The highest BCUT2D eigenvalue weighted by Gasteiger charge is 2.18. The van der Waals surface area contributed by atoms with Gasteiger partial charge in [0.1, 0.15) is 0 Å². The second-order valence-electron chi connectivity index (χ2n) is 6.36. The highest BCUT2D eigenvalue weighted by Crippen LogP contribution is 2.15. The van der Waals surface area contributed by atoms with Crippen molar-refractivity contribution in [3.63, 3.8) is 0 Å². The van der Waals surface area contributed by atoms with E-state index in [1.54, 1.807) is 48.6 Å². The Bertz CT molecular complexity index is 1040. The van der Waals surface area contributed by atoms with Crippen LogP contribution in [0.1, 0.15) is 21.5 Å². The molecule has 0 unspecified atom stereocenters. The van der Waals surface area contributed by atoms with Crippen molar-refractivity contribution >= 4 is 15.9 Å². The Kier molecular flexibility index (Phi) is 6.18. The Morgan fingerprint density at radius 1 is 1.00 bits per heavy atom. The highest BCUT2D eigenvalue weighted by atomic mass is 32.2. The van der Waals surface area contributed by atoms with Crippen molar-refractivity contribution < 1.29 is 13.2 Å². The van der Waals surface area contributed by atoms with Gasteiger partial charge in [-0.15, -0.1) is 0 Å². The fourth-order valence-corrected chi connectivity index (χ4v) is 3.77. The van der Waals surface area contributed by atoms with Crippen LogP contribution in [0.15, 0.2) is 84.0 Å². The lowest BCUT2D eigenvalue weighted by Gasteiger charge is -2.18. The summed E-state index contributed by atoms with van der Waals surface area (Å²) >= 11 is 0. The van der Waals surface area contributed by atoms with Crippen LogP contribution in [-0.2, 0) is 23.1 Å². The number of nitrogens with zero attached hydrogens (tertiary/aromatic N) is 2. The van der Waals surface area contributed by atoms with Crippen LogP contribution in [0.5, 0.6) is 0 Å². The van der Waals surface area contributed by atoms with E-state index in [0.29, 0.717) is 12.1 Å². The summed E-state index contributed by atoms with van der Waals surface area (Å²) in [4.78, 5) is 18.3. The normalized spacial score (nSPS) is 11.2. The number of nitrogens with one attached hydrogen (secondary N) is 1. The second kappa shape index (κ2) is 8.77. The Morgan fingerprint density at radius 2 is 1.75 bits per heavy atom. The van der Waals surface area contributed by atoms with Crippen LogP contribution in [-0.4, -0.2) is 31.3 Å². The molecule has 0 aliphatic heterocycles. The number of carbonyl (C=O) groups excluding carboxylic acids is 1. The van der Waals surface area contributed by atoms with Crippen LogP contribution in [0.4, 0.5) is 0 Å². The molecule has 0 aliphatic carbocycles. The number of benzene rings is 2. The van der Waals surface area contributed by atoms with Crippen LogP contribution in [0.2, 0.25) is 0 Å². The summed E-state index contributed by atoms with van der Waals surface area (Å²) in [5, 5.41) is 0. The van der Waals surface area contributed by atoms with Gasteiger partial charge < -0.3 is 4.90 Å². The zero-order chi connectivity index (χ0) is 20.0. The van der Waals surface area contributed by atoms with Gasteiger partial charge in [-0.1, -0.05) is 42.5 Å². The van der Waals surface area contributed by atoms with Gasteiger partial charge in [0.05, 0.1) is 4.90 Å². The van der Waals surface area contributed by atoms with Crippen LogP contribution in [0, 0.1) is 0 Å². The largest absolute Gasteiger partial charge is 0.337 e. The van der Waals surface area contributed by atoms with Crippen LogP contribution in [0.25, 0.3) is 0 Å². The average Bonchev–Trinajstić information content (AvgIpc) is 2.73. The molecule has 0 radical (unpaired) electrons. The van der Waals surface area contributed by atoms with E-state index in [1.807, 2.05) is 30.3 Å². The number of amides is 1. The second-order valence-corrected chi connectivity index (χ2v) is 8.13. The molecule has 0 bridgehead atoms. The SMILES string of the molecule is CN(Cc1ccccc1)C(=O)c1cccc(S(=O)(=O)NCc2cccnc2)c1. The predicted molar refractivity (Wildman–Crippen MR) is 107 cm³/mol. The molecule has 0 spiro atoms. The highest BCUT2D eigenvalue weighted by molar-refractivity contribution is 7.89. The number of hydrogen-bond acceptors (Lipinski definition) is 4. The quantitative estimate of drug-likeness (QED) is 0.667. The maximum Gasteiger partial charge on any atom is 0.253 e. The van der Waals surface area contributed by atoms with E-state index in [4.69, 9.17) is 0 Å². The van der Waals surface area contributed by atoms with Crippen molar-refractivity contribution in [2.75, 3.05) is 7.05 Å². The molecule has 144 valence electrons. The number of sulfonamides is 1. The van der Waals surface area contributed by atoms with Gasteiger partial charge in [-0.2, -0.15) is 0 Å². The van der Waals surface area contributed by atoms with Crippen molar-refractivity contribution in [3.05, 3.63) is 95.8 Å². The van der Waals surface area contributed by atoms with E-state index in [-0.39, 0.29) is 17.3 Å².